The molecule has 0 spiro atoms. The number of rotatable bonds is 3. The molecule has 0 aromatic heterocycles. The molecule has 7 unspecified atom stereocenters. The molecule has 0 aromatic carbocycles. The Morgan fingerprint density at radius 1 is 0.957 bits per heavy atom. The van der Waals surface area contributed by atoms with Crippen molar-refractivity contribution in [1.29, 1.82) is 0 Å². The van der Waals surface area contributed by atoms with E-state index in [1.807, 2.05) is 6.92 Å². The smallest absolute Gasteiger partial charge is 0.335 e. The number of ether oxygens (including phenoxy) is 2. The minimum Gasteiger partial charge on any atom is -0.461 e. The van der Waals surface area contributed by atoms with Gasteiger partial charge < -0.3 is 9.47 Å². The van der Waals surface area contributed by atoms with Crippen LogP contribution in [0.1, 0.15) is 71.1 Å². The molecule has 0 N–H and O–H groups in total. The van der Waals surface area contributed by atoms with Gasteiger partial charge in [-0.05, 0) is 55.8 Å². The van der Waals surface area contributed by atoms with Crippen molar-refractivity contribution in [2.24, 2.45) is 29.6 Å². The van der Waals surface area contributed by atoms with Crippen molar-refractivity contribution < 1.29 is 14.3 Å². The Hall–Kier alpha value is -0.570. The van der Waals surface area contributed by atoms with Crippen LogP contribution < -0.4 is 0 Å². The third-order valence-corrected chi connectivity index (χ3v) is 7.25. The average molecular weight is 320 g/mol. The quantitative estimate of drug-likeness (QED) is 0.726. The minimum atomic E-state index is -0.295. The zero-order valence-electron chi connectivity index (χ0n) is 14.5. The van der Waals surface area contributed by atoms with Crippen molar-refractivity contribution in [2.45, 2.75) is 83.3 Å². The lowest BCUT2D eigenvalue weighted by molar-refractivity contribution is -0.150. The van der Waals surface area contributed by atoms with Crippen molar-refractivity contribution in [3.63, 3.8) is 0 Å². The molecule has 4 fully saturated rings. The van der Waals surface area contributed by atoms with Gasteiger partial charge in [0.05, 0.1) is 6.61 Å². The summed E-state index contributed by atoms with van der Waals surface area (Å²) < 4.78 is 11.3. The molecule has 4 rings (SSSR count). The fraction of sp³-hybridized carbons (Fsp3) is 0.950. The first-order valence-electron chi connectivity index (χ1n) is 10.0. The topological polar surface area (TPSA) is 35.5 Å². The third-order valence-electron chi connectivity index (χ3n) is 7.25. The van der Waals surface area contributed by atoms with E-state index in [9.17, 15) is 4.79 Å². The summed E-state index contributed by atoms with van der Waals surface area (Å²) in [5.41, 5.74) is 0. The number of cyclic esters (lactones) is 1. The van der Waals surface area contributed by atoms with E-state index in [0.29, 0.717) is 5.92 Å². The van der Waals surface area contributed by atoms with Gasteiger partial charge in [-0.15, -0.1) is 0 Å². The highest BCUT2D eigenvalue weighted by molar-refractivity contribution is 5.76. The van der Waals surface area contributed by atoms with Gasteiger partial charge in [-0.25, -0.2) is 4.79 Å². The molecule has 0 aromatic rings. The van der Waals surface area contributed by atoms with E-state index in [1.165, 1.54) is 57.8 Å². The number of fused-ring (bicyclic) bond motifs is 2. The number of carbonyl (C=O) groups is 1. The lowest BCUT2D eigenvalue weighted by Crippen LogP contribution is -2.41. The van der Waals surface area contributed by atoms with Gasteiger partial charge in [-0.3, -0.25) is 0 Å². The zero-order chi connectivity index (χ0) is 15.8. The van der Waals surface area contributed by atoms with E-state index < -0.39 is 0 Å². The van der Waals surface area contributed by atoms with Crippen LogP contribution in [-0.4, -0.2) is 24.8 Å². The molecule has 3 nitrogen and oxygen atoms in total. The van der Waals surface area contributed by atoms with Crippen molar-refractivity contribution in [3.05, 3.63) is 0 Å². The first-order valence-corrected chi connectivity index (χ1v) is 10.0. The van der Waals surface area contributed by atoms with Crippen LogP contribution in [0.2, 0.25) is 0 Å². The lowest BCUT2D eigenvalue weighted by atomic mass is 9.57. The first kappa shape index (κ1) is 15.9. The monoisotopic (exact) mass is 320 g/mol. The van der Waals surface area contributed by atoms with E-state index in [2.05, 4.69) is 0 Å². The first-order chi connectivity index (χ1) is 11.2. The van der Waals surface area contributed by atoms with E-state index >= 15 is 0 Å². The standard InChI is InChI=1S/C20H32O3/c1-13-9-19(20(21)23-13)22-12-17-8-4-7-16-10-14-5-2-3-6-15(14)11-18(16)17/h13-19H,2-12H2,1H3. The molecule has 1 aliphatic heterocycles. The van der Waals surface area contributed by atoms with E-state index in [1.54, 1.807) is 0 Å². The van der Waals surface area contributed by atoms with Crippen molar-refractivity contribution in [1.82, 2.24) is 0 Å². The molecule has 0 radical (unpaired) electrons. The molecular formula is C20H32O3. The normalized spacial score (nSPS) is 46.8. The second kappa shape index (κ2) is 6.74. The van der Waals surface area contributed by atoms with E-state index in [4.69, 9.17) is 9.47 Å². The molecule has 3 saturated carbocycles. The number of carbonyl (C=O) groups excluding carboxylic acids is 1. The molecule has 3 heteroatoms. The SMILES string of the molecule is CC1CC(OCC2CCCC3CC4CCCCC4CC23)C(=O)O1. The summed E-state index contributed by atoms with van der Waals surface area (Å²) in [5, 5.41) is 0. The van der Waals surface area contributed by atoms with Crippen LogP contribution in [0.3, 0.4) is 0 Å². The van der Waals surface area contributed by atoms with Gasteiger partial charge in [0.1, 0.15) is 6.10 Å². The summed E-state index contributed by atoms with van der Waals surface area (Å²) in [7, 11) is 0. The van der Waals surface area contributed by atoms with Gasteiger partial charge >= 0.3 is 5.97 Å². The predicted octanol–water partition coefficient (Wildman–Crippen LogP) is 4.34. The Morgan fingerprint density at radius 3 is 2.43 bits per heavy atom. The Bertz CT molecular complexity index is 435. The van der Waals surface area contributed by atoms with Crippen molar-refractivity contribution >= 4 is 5.97 Å². The number of hydrogen-bond acceptors (Lipinski definition) is 3. The highest BCUT2D eigenvalue weighted by Gasteiger charge is 2.43. The van der Waals surface area contributed by atoms with Gasteiger partial charge in [0.15, 0.2) is 6.10 Å². The van der Waals surface area contributed by atoms with E-state index in [-0.39, 0.29) is 18.2 Å². The second-order valence-electron chi connectivity index (χ2n) is 8.70. The third kappa shape index (κ3) is 3.31. The van der Waals surface area contributed by atoms with Crippen LogP contribution in [0.5, 0.6) is 0 Å². The fourth-order valence-electron chi connectivity index (χ4n) is 6.08. The van der Waals surface area contributed by atoms with Crippen LogP contribution in [0.25, 0.3) is 0 Å². The maximum atomic E-state index is 11.8. The largest absolute Gasteiger partial charge is 0.461 e. The van der Waals surface area contributed by atoms with Crippen LogP contribution in [0, 0.1) is 29.6 Å². The average Bonchev–Trinajstić information content (AvgIpc) is 2.88. The summed E-state index contributed by atoms with van der Waals surface area (Å²) in [5.74, 6) is 4.35. The van der Waals surface area contributed by atoms with Gasteiger partial charge in [0.2, 0.25) is 0 Å². The summed E-state index contributed by atoms with van der Waals surface area (Å²) in [6.07, 6.45) is 13.4. The Kier molecular flexibility index (Phi) is 4.67. The Morgan fingerprint density at radius 2 is 1.70 bits per heavy atom. The summed E-state index contributed by atoms with van der Waals surface area (Å²) in [4.78, 5) is 11.8. The van der Waals surface area contributed by atoms with Crippen LogP contribution in [-0.2, 0) is 14.3 Å². The maximum Gasteiger partial charge on any atom is 0.335 e. The molecule has 1 heterocycles. The molecule has 4 aliphatic rings. The Labute approximate surface area is 140 Å². The predicted molar refractivity (Wildman–Crippen MR) is 88.9 cm³/mol. The molecule has 23 heavy (non-hydrogen) atoms. The van der Waals surface area contributed by atoms with Crippen LogP contribution in [0.4, 0.5) is 0 Å². The van der Waals surface area contributed by atoms with E-state index in [0.717, 1.165) is 36.7 Å². The van der Waals surface area contributed by atoms with Crippen molar-refractivity contribution in [2.75, 3.05) is 6.61 Å². The molecule has 0 bridgehead atoms. The van der Waals surface area contributed by atoms with Gasteiger partial charge in [-0.2, -0.15) is 0 Å². The lowest BCUT2D eigenvalue weighted by Gasteiger charge is -2.49. The molecule has 7 atom stereocenters. The zero-order valence-corrected chi connectivity index (χ0v) is 14.5. The summed E-state index contributed by atoms with van der Waals surface area (Å²) in [6.45, 7) is 2.74. The molecule has 3 aliphatic carbocycles. The van der Waals surface area contributed by atoms with Gasteiger partial charge in [0, 0.05) is 6.42 Å². The van der Waals surface area contributed by atoms with Gasteiger partial charge in [0.25, 0.3) is 0 Å². The van der Waals surface area contributed by atoms with Crippen molar-refractivity contribution in [3.8, 4) is 0 Å². The van der Waals surface area contributed by atoms with Crippen LogP contribution >= 0.6 is 0 Å². The Balaban J connectivity index is 1.36. The minimum absolute atomic E-state index is 0.0317. The summed E-state index contributed by atoms with van der Waals surface area (Å²) in [6, 6.07) is 0. The highest BCUT2D eigenvalue weighted by atomic mass is 16.6. The molecule has 130 valence electrons. The molecule has 0 amide bonds. The molecular weight excluding hydrogens is 288 g/mol. The number of hydrogen-bond donors (Lipinski definition) is 0. The molecule has 1 saturated heterocycles. The maximum absolute atomic E-state index is 11.8. The fourth-order valence-corrected chi connectivity index (χ4v) is 6.08. The van der Waals surface area contributed by atoms with Gasteiger partial charge in [-0.1, -0.05) is 38.5 Å². The highest BCUT2D eigenvalue weighted by Crippen LogP contribution is 2.51. The summed E-state index contributed by atoms with van der Waals surface area (Å²) >= 11 is 0. The second-order valence-corrected chi connectivity index (χ2v) is 8.70. The van der Waals surface area contributed by atoms with Crippen LogP contribution in [0.15, 0.2) is 0 Å². The number of esters is 1.